The third kappa shape index (κ3) is 7.37. The van der Waals surface area contributed by atoms with Crippen molar-refractivity contribution in [3.63, 3.8) is 0 Å². The second kappa shape index (κ2) is 11.7. The maximum atomic E-state index is 12.8. The highest BCUT2D eigenvalue weighted by Gasteiger charge is 2.25. The van der Waals surface area contributed by atoms with Gasteiger partial charge in [-0.1, -0.05) is 60.1 Å². The Balaban J connectivity index is 1.59. The fourth-order valence-corrected chi connectivity index (χ4v) is 4.39. The first-order chi connectivity index (χ1) is 15.4. The molecule has 0 aromatic heterocycles. The van der Waals surface area contributed by atoms with Gasteiger partial charge in [0.25, 0.3) is 0 Å². The van der Waals surface area contributed by atoms with Gasteiger partial charge in [-0.2, -0.15) is 4.72 Å². The van der Waals surface area contributed by atoms with Crippen molar-refractivity contribution in [1.29, 1.82) is 0 Å². The van der Waals surface area contributed by atoms with Crippen molar-refractivity contribution < 1.29 is 17.9 Å². The van der Waals surface area contributed by atoms with Gasteiger partial charge in [-0.3, -0.25) is 4.79 Å². The molecule has 0 bridgehead atoms. The minimum absolute atomic E-state index is 0.106. The molecule has 3 rings (SSSR count). The average molecular weight is 472 g/mol. The first-order valence-corrected chi connectivity index (χ1v) is 12.0. The van der Waals surface area contributed by atoms with Crippen LogP contribution in [-0.2, 0) is 21.2 Å². The lowest BCUT2D eigenvalue weighted by Crippen LogP contribution is -2.48. The van der Waals surface area contributed by atoms with E-state index in [2.05, 4.69) is 16.1 Å². The van der Waals surface area contributed by atoms with Crippen molar-refractivity contribution in [2.45, 2.75) is 23.8 Å². The number of hydrogen-bond acceptors (Lipinski definition) is 4. The van der Waals surface area contributed by atoms with Gasteiger partial charge in [-0.05, 0) is 54.8 Å². The van der Waals surface area contributed by atoms with E-state index in [1.165, 1.54) is 12.1 Å². The molecule has 6 nitrogen and oxygen atoms in total. The van der Waals surface area contributed by atoms with Gasteiger partial charge in [0.05, 0.1) is 11.5 Å². The quantitative estimate of drug-likeness (QED) is 0.418. The van der Waals surface area contributed by atoms with E-state index < -0.39 is 22.0 Å². The molecule has 0 saturated carbocycles. The number of amides is 1. The molecule has 1 radical (unpaired) electrons. The predicted molar refractivity (Wildman–Crippen MR) is 124 cm³/mol. The summed E-state index contributed by atoms with van der Waals surface area (Å²) in [6.07, 6.45) is 0.766. The summed E-state index contributed by atoms with van der Waals surface area (Å²) >= 11 is 5.93. The van der Waals surface area contributed by atoms with Crippen molar-refractivity contribution in [2.24, 2.45) is 0 Å². The lowest BCUT2D eigenvalue weighted by atomic mass is 10.1. The molecule has 2 N–H and O–H groups in total. The highest BCUT2D eigenvalue weighted by atomic mass is 35.5. The fourth-order valence-electron chi connectivity index (χ4n) is 2.99. The minimum Gasteiger partial charge on any atom is -0.493 e. The molecule has 1 amide bonds. The summed E-state index contributed by atoms with van der Waals surface area (Å²) in [7, 11) is -3.86. The Morgan fingerprint density at radius 3 is 2.50 bits per heavy atom. The van der Waals surface area contributed by atoms with E-state index in [1.807, 2.05) is 0 Å². The van der Waals surface area contributed by atoms with Gasteiger partial charge in [0.15, 0.2) is 0 Å². The van der Waals surface area contributed by atoms with Gasteiger partial charge >= 0.3 is 0 Å². The Kier molecular flexibility index (Phi) is 8.67. The molecule has 0 saturated heterocycles. The Bertz CT molecular complexity index is 1110. The molecule has 0 spiro atoms. The van der Waals surface area contributed by atoms with E-state index in [9.17, 15) is 13.2 Å². The molecular weight excluding hydrogens is 448 g/mol. The van der Waals surface area contributed by atoms with E-state index in [-0.39, 0.29) is 11.3 Å². The summed E-state index contributed by atoms with van der Waals surface area (Å²) in [5, 5.41) is 3.38. The molecule has 0 heterocycles. The van der Waals surface area contributed by atoms with E-state index in [0.717, 1.165) is 5.56 Å². The van der Waals surface area contributed by atoms with Crippen LogP contribution < -0.4 is 14.8 Å². The third-order valence-electron chi connectivity index (χ3n) is 4.58. The van der Waals surface area contributed by atoms with Crippen molar-refractivity contribution in [3.8, 4) is 5.75 Å². The van der Waals surface area contributed by atoms with E-state index in [0.29, 0.717) is 30.3 Å². The molecule has 0 fully saturated rings. The number of carbonyl (C=O) groups is 1. The summed E-state index contributed by atoms with van der Waals surface area (Å²) in [6, 6.07) is 24.1. The predicted octanol–water partition coefficient (Wildman–Crippen LogP) is 3.62. The molecule has 3 aromatic rings. The van der Waals surface area contributed by atoms with Gasteiger partial charge in [-0.15, -0.1) is 0 Å². The summed E-state index contributed by atoms with van der Waals surface area (Å²) in [6.45, 7) is 0.723. The first kappa shape index (κ1) is 23.8. The Labute approximate surface area is 193 Å². The Morgan fingerprint density at radius 2 is 1.78 bits per heavy atom. The van der Waals surface area contributed by atoms with Crippen molar-refractivity contribution in [1.82, 2.24) is 10.0 Å². The first-order valence-electron chi connectivity index (χ1n) is 10.1. The number of carbonyl (C=O) groups excluding carboxylic acids is 1. The fraction of sp³-hybridized carbons (Fsp3) is 0.208. The number of ether oxygens (including phenoxy) is 1. The zero-order chi connectivity index (χ0) is 22.8. The molecule has 167 valence electrons. The molecule has 3 aromatic carbocycles. The minimum atomic E-state index is -3.86. The van der Waals surface area contributed by atoms with E-state index >= 15 is 0 Å². The van der Waals surface area contributed by atoms with Crippen LogP contribution in [0.2, 0.25) is 5.02 Å². The summed E-state index contributed by atoms with van der Waals surface area (Å²) in [5.74, 6) is 0.248. The molecule has 1 unspecified atom stereocenters. The lowest BCUT2D eigenvalue weighted by Gasteiger charge is -2.19. The van der Waals surface area contributed by atoms with Crippen LogP contribution in [0.3, 0.4) is 0 Å². The van der Waals surface area contributed by atoms with Crippen LogP contribution in [0.25, 0.3) is 0 Å². The highest BCUT2D eigenvalue weighted by molar-refractivity contribution is 7.89. The summed E-state index contributed by atoms with van der Waals surface area (Å²) in [5.41, 5.74) is 0.823. The monoisotopic (exact) mass is 471 g/mol. The van der Waals surface area contributed by atoms with Gasteiger partial charge in [0.2, 0.25) is 15.9 Å². The number of rotatable bonds is 11. The van der Waals surface area contributed by atoms with E-state index in [1.54, 1.807) is 66.7 Å². The lowest BCUT2D eigenvalue weighted by molar-refractivity contribution is -0.122. The third-order valence-corrected chi connectivity index (χ3v) is 6.30. The normalized spacial score (nSPS) is 12.2. The van der Waals surface area contributed by atoms with Crippen molar-refractivity contribution in [2.75, 3.05) is 13.2 Å². The number of nitrogens with one attached hydrogen (secondary N) is 2. The second-order valence-electron chi connectivity index (χ2n) is 7.05. The molecule has 1 atom stereocenters. The number of sulfonamides is 1. The Hall–Kier alpha value is -2.87. The van der Waals surface area contributed by atoms with Gasteiger partial charge in [-0.25, -0.2) is 8.42 Å². The smallest absolute Gasteiger partial charge is 0.241 e. The standard InChI is InChI=1S/C24H24ClN2O4S/c25-20-11-7-12-21(18-20)31-16-8-15-26-24(28)23(17-19-9-3-1-4-10-19)27-32(29,30)22-13-5-2-6-14-22/h2-7,9-14,18,23,27H,8,15-17H2,(H,26,28). The second-order valence-corrected chi connectivity index (χ2v) is 9.20. The zero-order valence-corrected chi connectivity index (χ0v) is 18.9. The molecule has 0 aliphatic heterocycles. The summed E-state index contributed by atoms with van der Waals surface area (Å²) < 4.78 is 33.7. The number of halogens is 1. The van der Waals surface area contributed by atoms with Crippen LogP contribution in [0, 0.1) is 6.07 Å². The molecular formula is C24H24ClN2O4S. The highest BCUT2D eigenvalue weighted by Crippen LogP contribution is 2.17. The SMILES string of the molecule is O=C(NCCCOc1cccc(Cl)c1)C(Cc1cc[c]cc1)NS(=O)(=O)c1ccccc1. The molecule has 32 heavy (non-hydrogen) atoms. The number of benzene rings is 3. The summed E-state index contributed by atoms with van der Waals surface area (Å²) in [4.78, 5) is 12.9. The van der Waals surface area contributed by atoms with Crippen LogP contribution in [-0.4, -0.2) is 33.5 Å². The van der Waals surface area contributed by atoms with E-state index in [4.69, 9.17) is 16.3 Å². The topological polar surface area (TPSA) is 84.5 Å². The molecule has 0 aliphatic rings. The largest absolute Gasteiger partial charge is 0.493 e. The van der Waals surface area contributed by atoms with Crippen molar-refractivity contribution >= 4 is 27.5 Å². The van der Waals surface area contributed by atoms with Crippen LogP contribution in [0.1, 0.15) is 12.0 Å². The van der Waals surface area contributed by atoms with Crippen LogP contribution >= 0.6 is 11.6 Å². The Morgan fingerprint density at radius 1 is 1.03 bits per heavy atom. The molecule has 8 heteroatoms. The number of hydrogen-bond donors (Lipinski definition) is 2. The van der Waals surface area contributed by atoms with Crippen LogP contribution in [0.5, 0.6) is 5.75 Å². The van der Waals surface area contributed by atoms with Gasteiger partial charge in [0, 0.05) is 11.6 Å². The van der Waals surface area contributed by atoms with Crippen molar-refractivity contribution in [3.05, 3.63) is 95.5 Å². The molecule has 0 aliphatic carbocycles. The maximum absolute atomic E-state index is 12.8. The average Bonchev–Trinajstić information content (AvgIpc) is 2.79. The van der Waals surface area contributed by atoms with Gasteiger partial charge < -0.3 is 10.1 Å². The zero-order valence-electron chi connectivity index (χ0n) is 17.3. The maximum Gasteiger partial charge on any atom is 0.241 e. The van der Waals surface area contributed by atoms with Crippen LogP contribution in [0.4, 0.5) is 0 Å². The van der Waals surface area contributed by atoms with Gasteiger partial charge in [0.1, 0.15) is 11.8 Å². The van der Waals surface area contributed by atoms with Crippen LogP contribution in [0.15, 0.2) is 83.8 Å².